The van der Waals surface area contributed by atoms with E-state index in [0.717, 1.165) is 24.1 Å². The van der Waals surface area contributed by atoms with Gasteiger partial charge in [-0.1, -0.05) is 43.7 Å². The van der Waals surface area contributed by atoms with E-state index in [1.165, 1.54) is 0 Å². The van der Waals surface area contributed by atoms with Crippen LogP contribution in [0.25, 0.3) is 0 Å². The number of ketones is 2. The second-order valence-corrected chi connectivity index (χ2v) is 10.6. The first-order valence-electron chi connectivity index (χ1n) is 11.1. The Labute approximate surface area is 182 Å². The van der Waals surface area contributed by atoms with Crippen molar-refractivity contribution in [1.29, 1.82) is 0 Å². The van der Waals surface area contributed by atoms with Crippen LogP contribution in [0, 0.1) is 28.6 Å². The number of amides is 1. The molecule has 0 aromatic heterocycles. The van der Waals surface area contributed by atoms with Crippen molar-refractivity contribution >= 4 is 29.1 Å². The predicted octanol–water partition coefficient (Wildman–Crippen LogP) is 4.95. The van der Waals surface area contributed by atoms with Gasteiger partial charge in [-0.2, -0.15) is 0 Å². The minimum atomic E-state index is -0.481. The normalized spacial score (nSPS) is 38.1. The van der Waals surface area contributed by atoms with Gasteiger partial charge >= 0.3 is 0 Å². The first-order chi connectivity index (χ1) is 14.2. The number of allylic oxidation sites excluding steroid dienone is 2. The van der Waals surface area contributed by atoms with Crippen LogP contribution in [0.4, 0.5) is 0 Å². The van der Waals surface area contributed by atoms with Crippen molar-refractivity contribution in [3.63, 3.8) is 0 Å². The summed E-state index contributed by atoms with van der Waals surface area (Å²) in [5, 5.41) is 0.657. The summed E-state index contributed by atoms with van der Waals surface area (Å²) in [5.41, 5.74) is 1.16. The van der Waals surface area contributed by atoms with E-state index in [1.54, 1.807) is 0 Å². The summed E-state index contributed by atoms with van der Waals surface area (Å²) in [6.07, 6.45) is 5.99. The first kappa shape index (κ1) is 20.0. The molecule has 158 valence electrons. The van der Waals surface area contributed by atoms with E-state index >= 15 is 0 Å². The van der Waals surface area contributed by atoms with E-state index in [4.69, 9.17) is 11.6 Å². The average Bonchev–Trinajstić information content (AvgIpc) is 2.98. The van der Waals surface area contributed by atoms with Crippen LogP contribution >= 0.6 is 11.6 Å². The topological polar surface area (TPSA) is 54.5 Å². The number of nitrogens with zero attached hydrogens (tertiary/aromatic N) is 1. The van der Waals surface area contributed by atoms with Crippen LogP contribution in [-0.4, -0.2) is 22.4 Å². The molecule has 4 nitrogen and oxygen atoms in total. The predicted molar refractivity (Wildman–Crippen MR) is 114 cm³/mol. The Bertz CT molecular complexity index is 984. The Balaban J connectivity index is 1.53. The van der Waals surface area contributed by atoms with Crippen molar-refractivity contribution in [3.8, 4) is 0 Å². The highest BCUT2D eigenvalue weighted by Gasteiger charge is 2.62. The maximum absolute atomic E-state index is 13.5. The van der Waals surface area contributed by atoms with Gasteiger partial charge in [0, 0.05) is 46.7 Å². The molecule has 5 rings (SSSR count). The van der Waals surface area contributed by atoms with Crippen LogP contribution in [0.2, 0.25) is 5.02 Å². The fraction of sp³-hybridized carbons (Fsp3) is 0.560. The van der Waals surface area contributed by atoms with Crippen LogP contribution in [0.3, 0.4) is 0 Å². The van der Waals surface area contributed by atoms with Crippen molar-refractivity contribution in [1.82, 2.24) is 4.90 Å². The largest absolute Gasteiger partial charge is 0.312 e. The summed E-state index contributed by atoms with van der Waals surface area (Å²) in [7, 11) is 0. The number of halogens is 1. The minimum absolute atomic E-state index is 0.101. The molecule has 3 aliphatic carbocycles. The Morgan fingerprint density at radius 1 is 1.13 bits per heavy atom. The molecule has 0 radical (unpaired) electrons. The summed E-state index contributed by atoms with van der Waals surface area (Å²) in [4.78, 5) is 40.9. The maximum atomic E-state index is 13.5. The number of likely N-dealkylation sites (tertiary alicyclic amines) is 1. The van der Waals surface area contributed by atoms with Crippen LogP contribution in [-0.2, 0) is 20.9 Å². The second kappa shape index (κ2) is 6.78. The van der Waals surface area contributed by atoms with E-state index < -0.39 is 5.41 Å². The summed E-state index contributed by atoms with van der Waals surface area (Å²) in [6.45, 7) is 4.66. The molecule has 30 heavy (non-hydrogen) atoms. The standard InChI is InChI=1S/C25H28ClNO3/c1-24-11-10-22(30)27(14-15-4-3-5-16(26)12-15)20(24)8-6-17-18-7-9-21(29)25(18,2)13-19(28)23(17)24/h3-5,8,12,17-18,23H,6-7,9-11,13-14H2,1-2H3/t17?,18?,23?,24-,25?/m0/s1. The number of benzene rings is 1. The molecule has 4 unspecified atom stereocenters. The summed E-state index contributed by atoms with van der Waals surface area (Å²) >= 11 is 6.16. The molecule has 1 amide bonds. The molecular formula is C25H28ClNO3. The SMILES string of the molecule is CC12CC(=O)C3C(CC=C4N(Cc5cccc(Cl)c5)C(=O)CC[C@@]43C)C1CCC2=O. The van der Waals surface area contributed by atoms with Crippen molar-refractivity contribution < 1.29 is 14.4 Å². The molecule has 1 aromatic carbocycles. The number of fused-ring (bicyclic) bond motifs is 5. The third-order valence-corrected chi connectivity index (χ3v) is 8.74. The highest BCUT2D eigenvalue weighted by molar-refractivity contribution is 6.30. The Morgan fingerprint density at radius 3 is 2.70 bits per heavy atom. The lowest BCUT2D eigenvalue weighted by Crippen LogP contribution is -2.57. The van der Waals surface area contributed by atoms with Crippen molar-refractivity contribution in [2.45, 2.75) is 58.9 Å². The molecule has 4 aliphatic rings. The zero-order chi connectivity index (χ0) is 21.3. The maximum Gasteiger partial charge on any atom is 0.227 e. The smallest absolute Gasteiger partial charge is 0.227 e. The Kier molecular flexibility index (Phi) is 4.52. The van der Waals surface area contributed by atoms with Gasteiger partial charge in [-0.3, -0.25) is 14.4 Å². The number of rotatable bonds is 2. The third-order valence-electron chi connectivity index (χ3n) is 8.51. The van der Waals surface area contributed by atoms with Crippen LogP contribution < -0.4 is 0 Å². The number of piperidine rings is 1. The van der Waals surface area contributed by atoms with Crippen molar-refractivity contribution in [2.75, 3.05) is 0 Å². The quantitative estimate of drug-likeness (QED) is 0.673. The molecule has 1 aromatic rings. The molecule has 3 fully saturated rings. The highest BCUT2D eigenvalue weighted by Crippen LogP contribution is 2.62. The fourth-order valence-corrected chi connectivity index (χ4v) is 7.27. The monoisotopic (exact) mass is 425 g/mol. The van der Waals surface area contributed by atoms with Gasteiger partial charge in [0.15, 0.2) is 0 Å². The lowest BCUT2D eigenvalue weighted by Gasteiger charge is -2.56. The van der Waals surface area contributed by atoms with Crippen molar-refractivity contribution in [3.05, 3.63) is 46.6 Å². The number of carbonyl (C=O) groups is 3. The molecule has 1 saturated heterocycles. The lowest BCUT2D eigenvalue weighted by molar-refractivity contribution is -0.152. The zero-order valence-electron chi connectivity index (χ0n) is 17.6. The Hall–Kier alpha value is -1.94. The average molecular weight is 426 g/mol. The van der Waals surface area contributed by atoms with Gasteiger partial charge < -0.3 is 4.90 Å². The molecule has 5 atom stereocenters. The summed E-state index contributed by atoms with van der Waals surface area (Å²) < 4.78 is 0. The van der Waals surface area contributed by atoms with E-state index in [0.29, 0.717) is 37.3 Å². The molecule has 1 aliphatic heterocycles. The summed E-state index contributed by atoms with van der Waals surface area (Å²) in [5.74, 6) is 0.983. The van der Waals surface area contributed by atoms with Crippen LogP contribution in [0.15, 0.2) is 36.0 Å². The number of carbonyl (C=O) groups excluding carboxylic acids is 3. The van der Waals surface area contributed by atoms with Gasteiger partial charge in [-0.25, -0.2) is 0 Å². The van der Waals surface area contributed by atoms with E-state index in [9.17, 15) is 14.4 Å². The molecule has 1 heterocycles. The number of Topliss-reactive ketones (excluding diaryl/α,β-unsaturated/α-hetero) is 2. The molecule has 0 spiro atoms. The molecule has 0 bridgehead atoms. The molecule has 5 heteroatoms. The lowest BCUT2D eigenvalue weighted by atomic mass is 9.49. The van der Waals surface area contributed by atoms with Crippen LogP contribution in [0.5, 0.6) is 0 Å². The zero-order valence-corrected chi connectivity index (χ0v) is 18.4. The molecule has 2 saturated carbocycles. The van der Waals surface area contributed by atoms with Crippen LogP contribution in [0.1, 0.15) is 57.9 Å². The molecule has 0 N–H and O–H groups in total. The van der Waals surface area contributed by atoms with Gasteiger partial charge in [0.2, 0.25) is 5.91 Å². The fourth-order valence-electron chi connectivity index (χ4n) is 7.05. The minimum Gasteiger partial charge on any atom is -0.312 e. The highest BCUT2D eigenvalue weighted by atomic mass is 35.5. The van der Waals surface area contributed by atoms with Gasteiger partial charge in [0.05, 0.1) is 6.54 Å². The van der Waals surface area contributed by atoms with Gasteiger partial charge in [0.1, 0.15) is 11.6 Å². The Morgan fingerprint density at radius 2 is 1.93 bits per heavy atom. The van der Waals surface area contributed by atoms with E-state index in [1.807, 2.05) is 36.1 Å². The number of hydrogen-bond acceptors (Lipinski definition) is 3. The second-order valence-electron chi connectivity index (χ2n) is 10.1. The van der Waals surface area contributed by atoms with Crippen molar-refractivity contribution in [2.24, 2.45) is 28.6 Å². The van der Waals surface area contributed by atoms with E-state index in [-0.39, 0.29) is 40.6 Å². The summed E-state index contributed by atoms with van der Waals surface area (Å²) in [6, 6.07) is 7.62. The van der Waals surface area contributed by atoms with Gasteiger partial charge in [0.25, 0.3) is 0 Å². The molecular weight excluding hydrogens is 398 g/mol. The number of hydrogen-bond donors (Lipinski definition) is 0. The van der Waals surface area contributed by atoms with Gasteiger partial charge in [-0.05, 0) is 48.8 Å². The van der Waals surface area contributed by atoms with Gasteiger partial charge in [-0.15, -0.1) is 0 Å². The first-order valence-corrected chi connectivity index (χ1v) is 11.4. The third kappa shape index (κ3) is 2.76. The van der Waals surface area contributed by atoms with E-state index in [2.05, 4.69) is 13.0 Å².